The predicted molar refractivity (Wildman–Crippen MR) is 73.8 cm³/mol. The Morgan fingerprint density at radius 1 is 1.18 bits per heavy atom. The molecule has 2 aromatic rings. The number of carbonyl (C=O) groups is 1. The first-order valence-corrected chi connectivity index (χ1v) is 6.32. The van der Waals surface area contributed by atoms with Gasteiger partial charge < -0.3 is 0 Å². The van der Waals surface area contributed by atoms with Gasteiger partial charge in [-0.25, -0.2) is 0 Å². The largest absolute Gasteiger partial charge is 0.289 e. The lowest BCUT2D eigenvalue weighted by Gasteiger charge is -2.05. The summed E-state index contributed by atoms with van der Waals surface area (Å²) in [5.41, 5.74) is 2.22. The molecule has 0 aliphatic heterocycles. The molecule has 0 saturated carbocycles. The normalized spacial score (nSPS) is 10.3. The van der Waals surface area contributed by atoms with E-state index in [9.17, 15) is 4.79 Å². The van der Waals surface area contributed by atoms with Crippen molar-refractivity contribution >= 4 is 33.3 Å². The highest BCUT2D eigenvalue weighted by Crippen LogP contribution is 2.22. The highest BCUT2D eigenvalue weighted by atomic mass is 79.9. The summed E-state index contributed by atoms with van der Waals surface area (Å²) in [6.07, 6.45) is 0. The van der Waals surface area contributed by atoms with Gasteiger partial charge in [-0.05, 0) is 30.7 Å². The minimum Gasteiger partial charge on any atom is -0.289 e. The number of aryl methyl sites for hydroxylation is 1. The number of rotatable bonds is 2. The average Bonchev–Trinajstić information content (AvgIpc) is 2.32. The maximum absolute atomic E-state index is 12.2. The van der Waals surface area contributed by atoms with Gasteiger partial charge >= 0.3 is 0 Å². The third kappa shape index (κ3) is 2.59. The van der Waals surface area contributed by atoms with Gasteiger partial charge in [-0.1, -0.05) is 51.8 Å². The molecule has 0 spiro atoms. The molecule has 3 heteroatoms. The van der Waals surface area contributed by atoms with Crippen LogP contribution in [-0.4, -0.2) is 5.78 Å². The van der Waals surface area contributed by atoms with Crippen LogP contribution >= 0.6 is 27.5 Å². The molecular formula is C14H10BrClO. The molecular weight excluding hydrogens is 300 g/mol. The highest BCUT2D eigenvalue weighted by molar-refractivity contribution is 9.10. The molecule has 0 fully saturated rings. The lowest BCUT2D eigenvalue weighted by Crippen LogP contribution is -2.02. The summed E-state index contributed by atoms with van der Waals surface area (Å²) in [6.45, 7) is 1.91. The Bertz CT molecular complexity index is 578. The molecule has 0 bridgehead atoms. The van der Waals surface area contributed by atoms with E-state index in [1.54, 1.807) is 18.2 Å². The fourth-order valence-corrected chi connectivity index (χ4v) is 2.18. The predicted octanol–water partition coefficient (Wildman–Crippen LogP) is 4.64. The molecule has 2 aromatic carbocycles. The Morgan fingerprint density at radius 2 is 1.88 bits per heavy atom. The van der Waals surface area contributed by atoms with Crippen molar-refractivity contribution in [2.75, 3.05) is 0 Å². The molecule has 0 aliphatic carbocycles. The summed E-state index contributed by atoms with van der Waals surface area (Å²) in [4.78, 5) is 12.2. The zero-order valence-electron chi connectivity index (χ0n) is 9.21. The van der Waals surface area contributed by atoms with E-state index >= 15 is 0 Å². The summed E-state index contributed by atoms with van der Waals surface area (Å²) in [5, 5.41) is 0.614. The topological polar surface area (TPSA) is 17.1 Å². The van der Waals surface area contributed by atoms with Gasteiger partial charge in [-0.2, -0.15) is 0 Å². The Balaban J connectivity index is 2.44. The van der Waals surface area contributed by atoms with Crippen LogP contribution in [0.25, 0.3) is 0 Å². The van der Waals surface area contributed by atoms with Gasteiger partial charge in [0.05, 0.1) is 0 Å². The van der Waals surface area contributed by atoms with Crippen molar-refractivity contribution in [1.29, 1.82) is 0 Å². The molecule has 0 aliphatic rings. The van der Waals surface area contributed by atoms with Crippen molar-refractivity contribution in [1.82, 2.24) is 0 Å². The summed E-state index contributed by atoms with van der Waals surface area (Å²) in [6, 6.07) is 12.7. The van der Waals surface area contributed by atoms with Gasteiger partial charge in [-0.15, -0.1) is 0 Å². The minimum absolute atomic E-state index is 0.0284. The lowest BCUT2D eigenvalue weighted by atomic mass is 10.0. The summed E-state index contributed by atoms with van der Waals surface area (Å²) in [5.74, 6) is -0.0284. The first kappa shape index (κ1) is 12.3. The van der Waals surface area contributed by atoms with Gasteiger partial charge in [0.25, 0.3) is 0 Å². The van der Waals surface area contributed by atoms with Crippen molar-refractivity contribution in [2.24, 2.45) is 0 Å². The van der Waals surface area contributed by atoms with Gasteiger partial charge in [0, 0.05) is 20.6 Å². The number of ketones is 1. The van der Waals surface area contributed by atoms with E-state index in [1.165, 1.54) is 0 Å². The highest BCUT2D eigenvalue weighted by Gasteiger charge is 2.12. The number of hydrogen-bond donors (Lipinski definition) is 0. The second-order valence-corrected chi connectivity index (χ2v) is 5.03. The molecule has 0 aromatic heterocycles. The van der Waals surface area contributed by atoms with Gasteiger partial charge in [0.1, 0.15) is 0 Å². The second-order valence-electron chi connectivity index (χ2n) is 3.77. The van der Waals surface area contributed by atoms with E-state index in [2.05, 4.69) is 15.9 Å². The smallest absolute Gasteiger partial charge is 0.194 e. The van der Waals surface area contributed by atoms with Gasteiger partial charge in [0.2, 0.25) is 0 Å². The van der Waals surface area contributed by atoms with Crippen LogP contribution in [0.3, 0.4) is 0 Å². The molecule has 2 rings (SSSR count). The maximum atomic E-state index is 12.2. The van der Waals surface area contributed by atoms with Crippen LogP contribution in [0.5, 0.6) is 0 Å². The quantitative estimate of drug-likeness (QED) is 0.738. The monoisotopic (exact) mass is 308 g/mol. The molecule has 0 amide bonds. The summed E-state index contributed by atoms with van der Waals surface area (Å²) in [7, 11) is 0. The van der Waals surface area contributed by atoms with E-state index in [-0.39, 0.29) is 5.78 Å². The Labute approximate surface area is 114 Å². The molecule has 0 N–H and O–H groups in total. The molecule has 0 heterocycles. The van der Waals surface area contributed by atoms with E-state index in [1.807, 2.05) is 31.2 Å². The van der Waals surface area contributed by atoms with Crippen molar-refractivity contribution in [3.8, 4) is 0 Å². The van der Waals surface area contributed by atoms with Gasteiger partial charge in [-0.3, -0.25) is 4.79 Å². The third-order valence-electron chi connectivity index (χ3n) is 2.55. The zero-order chi connectivity index (χ0) is 12.4. The molecule has 0 unspecified atom stereocenters. The SMILES string of the molecule is Cc1ccc(C(=O)c2ccccc2Br)cc1Cl. The van der Waals surface area contributed by atoms with Crippen LogP contribution in [0.2, 0.25) is 5.02 Å². The molecule has 0 atom stereocenters. The number of hydrogen-bond acceptors (Lipinski definition) is 1. The average molecular weight is 310 g/mol. The standard InChI is InChI=1S/C14H10BrClO/c1-9-6-7-10(8-13(9)16)14(17)11-4-2-3-5-12(11)15/h2-8H,1H3. The Hall–Kier alpha value is -1.12. The lowest BCUT2D eigenvalue weighted by molar-refractivity contribution is 0.103. The Kier molecular flexibility index (Phi) is 3.65. The first-order valence-electron chi connectivity index (χ1n) is 5.15. The molecule has 0 radical (unpaired) electrons. The van der Waals surface area contributed by atoms with E-state index < -0.39 is 0 Å². The molecule has 1 nitrogen and oxygen atoms in total. The van der Waals surface area contributed by atoms with Crippen LogP contribution in [0, 0.1) is 6.92 Å². The maximum Gasteiger partial charge on any atom is 0.194 e. The van der Waals surface area contributed by atoms with Crippen LogP contribution in [0.1, 0.15) is 21.5 Å². The van der Waals surface area contributed by atoms with E-state index in [0.717, 1.165) is 10.0 Å². The van der Waals surface area contributed by atoms with Crippen molar-refractivity contribution in [3.63, 3.8) is 0 Å². The van der Waals surface area contributed by atoms with Crippen molar-refractivity contribution in [2.45, 2.75) is 6.92 Å². The van der Waals surface area contributed by atoms with Crippen molar-refractivity contribution < 1.29 is 4.79 Å². The minimum atomic E-state index is -0.0284. The van der Waals surface area contributed by atoms with Crippen molar-refractivity contribution in [3.05, 3.63) is 68.7 Å². The summed E-state index contributed by atoms with van der Waals surface area (Å²) < 4.78 is 0.793. The first-order chi connectivity index (χ1) is 8.09. The molecule has 0 saturated heterocycles. The second kappa shape index (κ2) is 5.03. The number of carbonyl (C=O) groups excluding carboxylic acids is 1. The van der Waals surface area contributed by atoms with E-state index in [4.69, 9.17) is 11.6 Å². The molecule has 86 valence electrons. The third-order valence-corrected chi connectivity index (χ3v) is 3.65. The van der Waals surface area contributed by atoms with Crippen LogP contribution < -0.4 is 0 Å². The number of halogens is 2. The van der Waals surface area contributed by atoms with Crippen LogP contribution in [0.15, 0.2) is 46.9 Å². The van der Waals surface area contributed by atoms with Gasteiger partial charge in [0.15, 0.2) is 5.78 Å². The van der Waals surface area contributed by atoms with Crippen LogP contribution in [-0.2, 0) is 0 Å². The number of benzene rings is 2. The summed E-state index contributed by atoms with van der Waals surface area (Å²) >= 11 is 9.39. The van der Waals surface area contributed by atoms with Crippen LogP contribution in [0.4, 0.5) is 0 Å². The Morgan fingerprint density at radius 3 is 2.53 bits per heavy atom. The fourth-order valence-electron chi connectivity index (χ4n) is 1.53. The molecule has 17 heavy (non-hydrogen) atoms. The van der Waals surface area contributed by atoms with E-state index in [0.29, 0.717) is 16.1 Å². The zero-order valence-corrected chi connectivity index (χ0v) is 11.5. The fraction of sp³-hybridized carbons (Fsp3) is 0.0714.